The van der Waals surface area contributed by atoms with Crippen LogP contribution in [0.4, 0.5) is 0 Å². The highest BCUT2D eigenvalue weighted by Crippen LogP contribution is 2.14. The summed E-state index contributed by atoms with van der Waals surface area (Å²) in [6.45, 7) is -0.0594. The lowest BCUT2D eigenvalue weighted by atomic mass is 10.1. The van der Waals surface area contributed by atoms with Crippen molar-refractivity contribution in [2.45, 2.75) is 6.54 Å². The van der Waals surface area contributed by atoms with Crippen LogP contribution in [0.5, 0.6) is 0 Å². The van der Waals surface area contributed by atoms with Crippen molar-refractivity contribution < 1.29 is 14.4 Å². The van der Waals surface area contributed by atoms with E-state index in [0.29, 0.717) is 11.3 Å². The van der Waals surface area contributed by atoms with Crippen molar-refractivity contribution in [3.63, 3.8) is 0 Å². The second-order valence-electron chi connectivity index (χ2n) is 6.51. The van der Waals surface area contributed by atoms with E-state index in [1.807, 2.05) is 30.3 Å². The van der Waals surface area contributed by atoms with Gasteiger partial charge >= 0.3 is 0 Å². The van der Waals surface area contributed by atoms with Crippen LogP contribution in [-0.4, -0.2) is 29.3 Å². The highest BCUT2D eigenvalue weighted by atomic mass is 16.2. The Morgan fingerprint density at radius 1 is 0.833 bits per heavy atom. The maximum absolute atomic E-state index is 12.4. The first-order valence-corrected chi connectivity index (χ1v) is 9.16. The van der Waals surface area contributed by atoms with Crippen molar-refractivity contribution in [3.05, 3.63) is 93.8 Å². The maximum Gasteiger partial charge on any atom is 0.261 e. The molecule has 8 heteroatoms. The smallest absolute Gasteiger partial charge is 0.261 e. The van der Waals surface area contributed by atoms with Gasteiger partial charge in [0.1, 0.15) is 5.56 Å². The highest BCUT2D eigenvalue weighted by molar-refractivity contribution is 5.96. The molecule has 0 bridgehead atoms. The molecule has 0 atom stereocenters. The van der Waals surface area contributed by atoms with Gasteiger partial charge in [0.2, 0.25) is 5.91 Å². The number of aromatic amines is 1. The van der Waals surface area contributed by atoms with Gasteiger partial charge in [0, 0.05) is 17.8 Å². The van der Waals surface area contributed by atoms with Gasteiger partial charge in [-0.2, -0.15) is 0 Å². The average Bonchev–Trinajstić information content (AvgIpc) is 2.76. The second-order valence-corrected chi connectivity index (χ2v) is 6.51. The molecule has 0 saturated carbocycles. The van der Waals surface area contributed by atoms with Gasteiger partial charge in [-0.05, 0) is 35.4 Å². The van der Waals surface area contributed by atoms with Gasteiger partial charge in [0.15, 0.2) is 0 Å². The lowest BCUT2D eigenvalue weighted by Gasteiger charge is -2.08. The first-order chi connectivity index (χ1) is 14.4. The molecule has 0 aliphatic heterocycles. The molecule has 2 aromatic carbocycles. The largest absolute Gasteiger partial charge is 0.368 e. The predicted octanol–water partition coefficient (Wildman–Crippen LogP) is 1.19. The Labute approximate surface area is 172 Å². The van der Waals surface area contributed by atoms with Crippen LogP contribution in [0.15, 0.2) is 71.5 Å². The Balaban J connectivity index is 1.61. The summed E-state index contributed by atoms with van der Waals surface area (Å²) in [5, 5.41) is 5.07. The van der Waals surface area contributed by atoms with E-state index in [-0.39, 0.29) is 18.7 Å². The third-order valence-electron chi connectivity index (χ3n) is 4.33. The van der Waals surface area contributed by atoms with E-state index in [9.17, 15) is 19.2 Å². The van der Waals surface area contributed by atoms with Crippen molar-refractivity contribution in [1.82, 2.24) is 15.6 Å². The lowest BCUT2D eigenvalue weighted by molar-refractivity contribution is -0.117. The summed E-state index contributed by atoms with van der Waals surface area (Å²) in [6.07, 6.45) is 0. The standard InChI is InChI=1S/C22H20N4O4/c23-19(27)13-25-20(28)16-8-6-14(7-9-16)12-24-21(29)17-10-11-18(26-22(17)30)15-4-2-1-3-5-15/h1-11H,12-13H2,(H2,23,27)(H,24,29)(H,25,28)(H,26,30). The monoisotopic (exact) mass is 404 g/mol. The van der Waals surface area contributed by atoms with Gasteiger partial charge in [-0.1, -0.05) is 42.5 Å². The summed E-state index contributed by atoms with van der Waals surface area (Å²) in [5.74, 6) is -1.55. The number of benzene rings is 2. The first-order valence-electron chi connectivity index (χ1n) is 9.16. The van der Waals surface area contributed by atoms with Crippen LogP contribution in [-0.2, 0) is 11.3 Å². The maximum atomic E-state index is 12.4. The van der Waals surface area contributed by atoms with Crippen LogP contribution in [0.1, 0.15) is 26.3 Å². The van der Waals surface area contributed by atoms with Crippen molar-refractivity contribution in [3.8, 4) is 11.3 Å². The predicted molar refractivity (Wildman–Crippen MR) is 112 cm³/mol. The first kappa shape index (κ1) is 20.5. The molecule has 3 aromatic rings. The summed E-state index contributed by atoms with van der Waals surface area (Å²) in [4.78, 5) is 50.0. The summed E-state index contributed by atoms with van der Waals surface area (Å²) >= 11 is 0. The molecule has 0 spiro atoms. The molecule has 1 heterocycles. The lowest BCUT2D eigenvalue weighted by Crippen LogP contribution is -2.33. The van der Waals surface area contributed by atoms with Crippen LogP contribution in [0.3, 0.4) is 0 Å². The molecule has 3 rings (SSSR count). The number of hydrogen-bond acceptors (Lipinski definition) is 4. The summed E-state index contributed by atoms with van der Waals surface area (Å²) in [5.41, 5.74) is 7.10. The van der Waals surface area contributed by atoms with Gasteiger partial charge in [-0.3, -0.25) is 19.2 Å². The Morgan fingerprint density at radius 3 is 2.17 bits per heavy atom. The van der Waals surface area contributed by atoms with Crippen LogP contribution < -0.4 is 21.9 Å². The molecule has 0 unspecified atom stereocenters. The molecule has 1 aromatic heterocycles. The number of hydrogen-bond donors (Lipinski definition) is 4. The van der Waals surface area contributed by atoms with Crippen LogP contribution in [0, 0.1) is 0 Å². The molecular formula is C22H20N4O4. The number of amides is 3. The number of pyridine rings is 1. The third-order valence-corrected chi connectivity index (χ3v) is 4.33. The normalized spacial score (nSPS) is 10.3. The van der Waals surface area contributed by atoms with Gasteiger partial charge in [0.25, 0.3) is 17.4 Å². The Kier molecular flexibility index (Phi) is 6.39. The summed E-state index contributed by atoms with van der Waals surface area (Å²) in [6, 6.07) is 19.0. The SMILES string of the molecule is NC(=O)CNC(=O)c1ccc(CNC(=O)c2ccc(-c3ccccc3)[nH]c2=O)cc1. The van der Waals surface area contributed by atoms with E-state index in [4.69, 9.17) is 5.73 Å². The average molecular weight is 404 g/mol. The number of H-pyrrole nitrogens is 1. The van der Waals surface area contributed by atoms with Gasteiger partial charge in [-0.15, -0.1) is 0 Å². The number of nitrogens with one attached hydrogen (secondary N) is 3. The summed E-state index contributed by atoms with van der Waals surface area (Å²) in [7, 11) is 0. The Hall–Kier alpha value is -4.20. The number of carbonyl (C=O) groups excluding carboxylic acids is 3. The molecule has 0 saturated heterocycles. The summed E-state index contributed by atoms with van der Waals surface area (Å²) < 4.78 is 0. The van der Waals surface area contributed by atoms with Gasteiger partial charge < -0.3 is 21.4 Å². The fraction of sp³-hybridized carbons (Fsp3) is 0.0909. The van der Waals surface area contributed by atoms with Crippen molar-refractivity contribution in [2.75, 3.05) is 6.54 Å². The zero-order valence-electron chi connectivity index (χ0n) is 16.0. The molecule has 0 radical (unpaired) electrons. The molecule has 0 aliphatic carbocycles. The third kappa shape index (κ3) is 5.20. The molecule has 5 N–H and O–H groups in total. The van der Waals surface area contributed by atoms with E-state index < -0.39 is 23.3 Å². The number of primary amides is 1. The topological polar surface area (TPSA) is 134 Å². The second kappa shape index (κ2) is 9.33. The minimum absolute atomic E-state index is 0.0112. The quantitative estimate of drug-likeness (QED) is 0.470. The van der Waals surface area contributed by atoms with Crippen LogP contribution in [0.25, 0.3) is 11.3 Å². The fourth-order valence-corrected chi connectivity index (χ4v) is 2.76. The Morgan fingerprint density at radius 2 is 1.53 bits per heavy atom. The molecular weight excluding hydrogens is 384 g/mol. The van der Waals surface area contributed by atoms with E-state index >= 15 is 0 Å². The van der Waals surface area contributed by atoms with E-state index in [1.165, 1.54) is 6.07 Å². The highest BCUT2D eigenvalue weighted by Gasteiger charge is 2.12. The molecule has 3 amide bonds. The van der Waals surface area contributed by atoms with Crippen molar-refractivity contribution in [2.24, 2.45) is 5.73 Å². The number of rotatable bonds is 7. The molecule has 30 heavy (non-hydrogen) atoms. The minimum atomic E-state index is -0.630. The van der Waals surface area contributed by atoms with E-state index in [1.54, 1.807) is 30.3 Å². The molecule has 152 valence electrons. The number of aromatic nitrogens is 1. The molecule has 8 nitrogen and oxygen atoms in total. The zero-order valence-corrected chi connectivity index (χ0v) is 16.0. The molecule has 0 fully saturated rings. The minimum Gasteiger partial charge on any atom is -0.368 e. The fourth-order valence-electron chi connectivity index (χ4n) is 2.76. The van der Waals surface area contributed by atoms with Crippen LogP contribution >= 0.6 is 0 Å². The van der Waals surface area contributed by atoms with E-state index in [0.717, 1.165) is 11.1 Å². The van der Waals surface area contributed by atoms with Crippen molar-refractivity contribution >= 4 is 17.7 Å². The van der Waals surface area contributed by atoms with Gasteiger partial charge in [-0.25, -0.2) is 0 Å². The Bertz CT molecular complexity index is 1120. The zero-order chi connectivity index (χ0) is 21.5. The number of nitrogens with two attached hydrogens (primary N) is 1. The van der Waals surface area contributed by atoms with Crippen molar-refractivity contribution in [1.29, 1.82) is 0 Å². The molecule has 0 aliphatic rings. The number of carbonyl (C=O) groups is 3. The van der Waals surface area contributed by atoms with E-state index in [2.05, 4.69) is 15.6 Å². The van der Waals surface area contributed by atoms with Crippen LogP contribution in [0.2, 0.25) is 0 Å². The van der Waals surface area contributed by atoms with Gasteiger partial charge in [0.05, 0.1) is 6.54 Å².